The summed E-state index contributed by atoms with van der Waals surface area (Å²) >= 11 is 0. The van der Waals surface area contributed by atoms with E-state index in [0.29, 0.717) is 12.3 Å². The predicted molar refractivity (Wildman–Crippen MR) is 84.9 cm³/mol. The maximum Gasteiger partial charge on any atom is 0.224 e. The Balaban J connectivity index is 1.68. The molecule has 0 aliphatic carbocycles. The normalized spacial score (nSPS) is 19.7. The van der Waals surface area contributed by atoms with Gasteiger partial charge in [-0.1, -0.05) is 11.6 Å². The molecule has 2 rings (SSSR count). The third-order valence-electron chi connectivity index (χ3n) is 4.04. The van der Waals surface area contributed by atoms with Gasteiger partial charge in [0.05, 0.1) is 6.42 Å². The van der Waals surface area contributed by atoms with Gasteiger partial charge >= 0.3 is 0 Å². The zero-order chi connectivity index (χ0) is 15.1. The van der Waals surface area contributed by atoms with Crippen molar-refractivity contribution < 1.29 is 4.79 Å². The number of allylic oxidation sites excluding steroid dienone is 1. The number of carbonyl (C=O) groups is 1. The van der Waals surface area contributed by atoms with Crippen LogP contribution in [0.15, 0.2) is 36.2 Å². The highest BCUT2D eigenvalue weighted by molar-refractivity contribution is 5.78. The highest BCUT2D eigenvalue weighted by Crippen LogP contribution is 2.16. The van der Waals surface area contributed by atoms with E-state index >= 15 is 0 Å². The highest BCUT2D eigenvalue weighted by Gasteiger charge is 2.22. The van der Waals surface area contributed by atoms with Crippen molar-refractivity contribution in [3.8, 4) is 0 Å². The SMILES string of the molecule is C/C=C(\C)CN1CCC(CNC(=O)Cc2ccncc2)C1. The van der Waals surface area contributed by atoms with Crippen molar-refractivity contribution in [2.45, 2.75) is 26.7 Å². The fourth-order valence-corrected chi connectivity index (χ4v) is 2.67. The molecular formula is C17H25N3O. The molecule has 1 fully saturated rings. The van der Waals surface area contributed by atoms with Crippen molar-refractivity contribution in [2.75, 3.05) is 26.2 Å². The molecule has 0 saturated carbocycles. The van der Waals surface area contributed by atoms with E-state index < -0.39 is 0 Å². The molecule has 4 nitrogen and oxygen atoms in total. The second-order valence-corrected chi connectivity index (χ2v) is 5.86. The van der Waals surface area contributed by atoms with E-state index in [1.165, 1.54) is 12.0 Å². The molecule has 114 valence electrons. The van der Waals surface area contributed by atoms with E-state index in [1.54, 1.807) is 12.4 Å². The Morgan fingerprint density at radius 2 is 2.24 bits per heavy atom. The second kappa shape index (κ2) is 7.93. The van der Waals surface area contributed by atoms with Gasteiger partial charge in [0.25, 0.3) is 0 Å². The molecule has 4 heteroatoms. The van der Waals surface area contributed by atoms with Gasteiger partial charge in [-0.2, -0.15) is 0 Å². The summed E-state index contributed by atoms with van der Waals surface area (Å²) in [6.07, 6.45) is 7.23. The fraction of sp³-hybridized carbons (Fsp3) is 0.529. The Bertz CT molecular complexity index is 484. The van der Waals surface area contributed by atoms with Crippen molar-refractivity contribution in [2.24, 2.45) is 5.92 Å². The van der Waals surface area contributed by atoms with Crippen molar-refractivity contribution in [1.82, 2.24) is 15.2 Å². The van der Waals surface area contributed by atoms with E-state index in [2.05, 4.69) is 35.1 Å². The molecule has 0 radical (unpaired) electrons. The van der Waals surface area contributed by atoms with Gasteiger partial charge in [-0.15, -0.1) is 0 Å². The minimum atomic E-state index is 0.101. The molecule has 0 aromatic carbocycles. The van der Waals surface area contributed by atoms with Crippen LogP contribution in [-0.4, -0.2) is 42.0 Å². The van der Waals surface area contributed by atoms with Crippen LogP contribution in [0, 0.1) is 5.92 Å². The van der Waals surface area contributed by atoms with Gasteiger partial charge in [0.1, 0.15) is 0 Å². The topological polar surface area (TPSA) is 45.2 Å². The summed E-state index contributed by atoms with van der Waals surface area (Å²) in [7, 11) is 0. The number of hydrogen-bond donors (Lipinski definition) is 1. The Labute approximate surface area is 127 Å². The van der Waals surface area contributed by atoms with E-state index in [4.69, 9.17) is 0 Å². The number of nitrogens with one attached hydrogen (secondary N) is 1. The molecule has 1 aliphatic heterocycles. The van der Waals surface area contributed by atoms with E-state index in [-0.39, 0.29) is 5.91 Å². The molecule has 1 N–H and O–H groups in total. The largest absolute Gasteiger partial charge is 0.355 e. The number of hydrogen-bond acceptors (Lipinski definition) is 3. The van der Waals surface area contributed by atoms with Crippen LogP contribution < -0.4 is 5.32 Å². The van der Waals surface area contributed by atoms with Gasteiger partial charge in [-0.05, 0) is 50.4 Å². The Kier molecular flexibility index (Phi) is 5.93. The first-order valence-electron chi connectivity index (χ1n) is 7.67. The maximum absolute atomic E-state index is 11.9. The number of aromatic nitrogens is 1. The van der Waals surface area contributed by atoms with Crippen LogP contribution in [-0.2, 0) is 11.2 Å². The lowest BCUT2D eigenvalue weighted by Crippen LogP contribution is -2.32. The summed E-state index contributed by atoms with van der Waals surface area (Å²) in [5.74, 6) is 0.681. The molecule has 1 unspecified atom stereocenters. The number of rotatable bonds is 6. The molecule has 1 aliphatic rings. The van der Waals surface area contributed by atoms with Gasteiger partial charge in [-0.25, -0.2) is 0 Å². The third-order valence-corrected chi connectivity index (χ3v) is 4.04. The molecule has 1 aromatic rings. The lowest BCUT2D eigenvalue weighted by molar-refractivity contribution is -0.120. The lowest BCUT2D eigenvalue weighted by Gasteiger charge is -2.16. The van der Waals surface area contributed by atoms with Crippen LogP contribution in [0.4, 0.5) is 0 Å². The summed E-state index contributed by atoms with van der Waals surface area (Å²) < 4.78 is 0. The van der Waals surface area contributed by atoms with Gasteiger partial charge in [0, 0.05) is 32.0 Å². The standard InChI is InChI=1S/C17H25N3O/c1-3-14(2)12-20-9-6-16(13-20)11-19-17(21)10-15-4-7-18-8-5-15/h3-5,7-8,16H,6,9-13H2,1-2H3,(H,19,21)/b14-3+. The van der Waals surface area contributed by atoms with Crippen LogP contribution in [0.2, 0.25) is 0 Å². The van der Waals surface area contributed by atoms with Crippen molar-refractivity contribution in [3.05, 3.63) is 41.7 Å². The second-order valence-electron chi connectivity index (χ2n) is 5.86. The Morgan fingerprint density at radius 3 is 2.95 bits per heavy atom. The average Bonchev–Trinajstić information content (AvgIpc) is 2.93. The molecule has 0 bridgehead atoms. The first-order valence-corrected chi connectivity index (χ1v) is 7.67. The number of likely N-dealkylation sites (tertiary alicyclic amines) is 1. The average molecular weight is 287 g/mol. The van der Waals surface area contributed by atoms with Gasteiger partial charge in [-0.3, -0.25) is 14.7 Å². The maximum atomic E-state index is 11.9. The van der Waals surface area contributed by atoms with E-state index in [0.717, 1.165) is 31.7 Å². The highest BCUT2D eigenvalue weighted by atomic mass is 16.1. The quantitative estimate of drug-likeness (QED) is 0.814. The van der Waals surface area contributed by atoms with Crippen LogP contribution >= 0.6 is 0 Å². The zero-order valence-electron chi connectivity index (χ0n) is 13.0. The van der Waals surface area contributed by atoms with Gasteiger partial charge in [0.2, 0.25) is 5.91 Å². The molecule has 21 heavy (non-hydrogen) atoms. The summed E-state index contributed by atoms with van der Waals surface area (Å²) in [6, 6.07) is 3.77. The lowest BCUT2D eigenvalue weighted by atomic mass is 10.1. The molecule has 1 saturated heterocycles. The first-order chi connectivity index (χ1) is 10.2. The summed E-state index contributed by atoms with van der Waals surface area (Å²) in [5, 5.41) is 3.06. The van der Waals surface area contributed by atoms with Crippen molar-refractivity contribution in [3.63, 3.8) is 0 Å². The summed E-state index contributed by atoms with van der Waals surface area (Å²) in [4.78, 5) is 18.3. The van der Waals surface area contributed by atoms with Gasteiger partial charge < -0.3 is 5.32 Å². The molecule has 1 amide bonds. The fourth-order valence-electron chi connectivity index (χ4n) is 2.67. The molecule has 1 atom stereocenters. The Morgan fingerprint density at radius 1 is 1.48 bits per heavy atom. The minimum absolute atomic E-state index is 0.101. The number of amides is 1. The smallest absolute Gasteiger partial charge is 0.224 e. The van der Waals surface area contributed by atoms with Crippen molar-refractivity contribution in [1.29, 1.82) is 0 Å². The number of pyridine rings is 1. The summed E-state index contributed by atoms with van der Waals surface area (Å²) in [6.45, 7) is 8.32. The Hall–Kier alpha value is -1.68. The van der Waals surface area contributed by atoms with Crippen LogP contribution in [0.3, 0.4) is 0 Å². The molecule has 0 spiro atoms. The van der Waals surface area contributed by atoms with Crippen LogP contribution in [0.1, 0.15) is 25.8 Å². The van der Waals surface area contributed by atoms with Gasteiger partial charge in [0.15, 0.2) is 0 Å². The van der Waals surface area contributed by atoms with E-state index in [9.17, 15) is 4.79 Å². The first kappa shape index (κ1) is 15.7. The zero-order valence-corrected chi connectivity index (χ0v) is 13.0. The van der Waals surface area contributed by atoms with Crippen LogP contribution in [0.25, 0.3) is 0 Å². The summed E-state index contributed by atoms with van der Waals surface area (Å²) in [5.41, 5.74) is 2.43. The van der Waals surface area contributed by atoms with Crippen molar-refractivity contribution >= 4 is 5.91 Å². The third kappa shape index (κ3) is 5.31. The predicted octanol–water partition coefficient (Wildman–Crippen LogP) is 2.03. The molecular weight excluding hydrogens is 262 g/mol. The number of carbonyl (C=O) groups excluding carboxylic acids is 1. The van der Waals surface area contributed by atoms with Crippen LogP contribution in [0.5, 0.6) is 0 Å². The monoisotopic (exact) mass is 287 g/mol. The molecule has 1 aromatic heterocycles. The van der Waals surface area contributed by atoms with E-state index in [1.807, 2.05) is 12.1 Å². The molecule has 2 heterocycles. The minimum Gasteiger partial charge on any atom is -0.355 e. The number of nitrogens with zero attached hydrogens (tertiary/aromatic N) is 2.